The van der Waals surface area contributed by atoms with E-state index in [1.54, 1.807) is 11.3 Å². The van der Waals surface area contributed by atoms with Gasteiger partial charge in [-0.3, -0.25) is 0 Å². The van der Waals surface area contributed by atoms with Crippen molar-refractivity contribution in [3.63, 3.8) is 0 Å². The van der Waals surface area contributed by atoms with Gasteiger partial charge in [0.2, 0.25) is 0 Å². The SMILES string of the molecule is Cc1cc(Br)c(C(Cl)c2ccc(I)cc2)s1. The number of thiophene rings is 1. The lowest BCUT2D eigenvalue weighted by Gasteiger charge is -2.08. The summed E-state index contributed by atoms with van der Waals surface area (Å²) in [7, 11) is 0. The fourth-order valence-corrected chi connectivity index (χ4v) is 4.23. The molecule has 0 amide bonds. The van der Waals surface area contributed by atoms with Gasteiger partial charge in [-0.1, -0.05) is 12.1 Å². The highest BCUT2D eigenvalue weighted by Crippen LogP contribution is 2.39. The van der Waals surface area contributed by atoms with Gasteiger partial charge in [0.15, 0.2) is 0 Å². The Kier molecular flexibility index (Phi) is 4.32. The number of hydrogen-bond acceptors (Lipinski definition) is 1. The van der Waals surface area contributed by atoms with Crippen LogP contribution in [0.4, 0.5) is 0 Å². The van der Waals surface area contributed by atoms with Crippen molar-refractivity contribution in [2.45, 2.75) is 12.3 Å². The summed E-state index contributed by atoms with van der Waals surface area (Å²) < 4.78 is 2.33. The van der Waals surface area contributed by atoms with Crippen molar-refractivity contribution in [1.82, 2.24) is 0 Å². The van der Waals surface area contributed by atoms with Gasteiger partial charge >= 0.3 is 0 Å². The zero-order valence-electron chi connectivity index (χ0n) is 8.51. The second-order valence-corrected chi connectivity index (χ2v) is 7.31. The van der Waals surface area contributed by atoms with E-state index in [2.05, 4.69) is 75.8 Å². The van der Waals surface area contributed by atoms with Gasteiger partial charge in [0.05, 0.1) is 5.38 Å². The van der Waals surface area contributed by atoms with Crippen LogP contribution in [0, 0.1) is 10.5 Å². The van der Waals surface area contributed by atoms with Crippen LogP contribution < -0.4 is 0 Å². The molecule has 2 rings (SSSR count). The lowest BCUT2D eigenvalue weighted by molar-refractivity contribution is 1.17. The second kappa shape index (κ2) is 5.38. The van der Waals surface area contributed by atoms with E-state index in [4.69, 9.17) is 11.6 Å². The minimum Gasteiger partial charge on any atom is -0.143 e. The Morgan fingerprint density at radius 1 is 1.31 bits per heavy atom. The molecule has 0 aliphatic carbocycles. The zero-order valence-corrected chi connectivity index (χ0v) is 13.8. The Morgan fingerprint density at radius 2 is 1.94 bits per heavy atom. The average Bonchev–Trinajstić information content (AvgIpc) is 2.58. The third kappa shape index (κ3) is 2.81. The minimum atomic E-state index is -0.0647. The lowest BCUT2D eigenvalue weighted by atomic mass is 10.1. The molecule has 0 aliphatic rings. The van der Waals surface area contributed by atoms with Crippen molar-refractivity contribution in [2.75, 3.05) is 0 Å². The monoisotopic (exact) mass is 426 g/mol. The predicted molar refractivity (Wildman–Crippen MR) is 83.6 cm³/mol. The minimum absolute atomic E-state index is 0.0647. The van der Waals surface area contributed by atoms with Gasteiger partial charge in [-0.25, -0.2) is 0 Å². The Morgan fingerprint density at radius 3 is 2.44 bits per heavy atom. The van der Waals surface area contributed by atoms with Gasteiger partial charge in [-0.2, -0.15) is 0 Å². The van der Waals surface area contributed by atoms with Crippen molar-refractivity contribution < 1.29 is 0 Å². The highest BCUT2D eigenvalue weighted by Gasteiger charge is 2.16. The van der Waals surface area contributed by atoms with E-state index in [0.717, 1.165) is 10.0 Å². The molecule has 0 nitrogen and oxygen atoms in total. The topological polar surface area (TPSA) is 0 Å². The maximum Gasteiger partial charge on any atom is 0.0939 e. The summed E-state index contributed by atoms with van der Waals surface area (Å²) in [6, 6.07) is 10.4. The standard InChI is InChI=1S/C12H9BrClIS/c1-7-6-10(13)12(16-7)11(14)8-2-4-9(15)5-3-8/h2-6,11H,1H3. The number of rotatable bonds is 2. The lowest BCUT2D eigenvalue weighted by Crippen LogP contribution is -1.90. The molecule has 0 N–H and O–H groups in total. The molecule has 16 heavy (non-hydrogen) atoms. The molecule has 1 atom stereocenters. The predicted octanol–water partition coefficient (Wildman–Crippen LogP) is 5.75. The molecule has 84 valence electrons. The van der Waals surface area contributed by atoms with Crippen LogP contribution in [0.2, 0.25) is 0 Å². The maximum absolute atomic E-state index is 6.48. The van der Waals surface area contributed by atoms with Crippen molar-refractivity contribution in [2.24, 2.45) is 0 Å². The van der Waals surface area contributed by atoms with Crippen LogP contribution in [-0.4, -0.2) is 0 Å². The van der Waals surface area contributed by atoms with Crippen molar-refractivity contribution in [3.05, 3.63) is 53.7 Å². The Bertz CT molecular complexity index is 492. The molecule has 1 heterocycles. The molecule has 0 spiro atoms. The molecule has 0 bridgehead atoms. The first kappa shape index (κ1) is 12.9. The summed E-state index contributed by atoms with van der Waals surface area (Å²) >= 11 is 14.1. The summed E-state index contributed by atoms with van der Waals surface area (Å²) in [5, 5.41) is -0.0647. The van der Waals surface area contributed by atoms with Gasteiger partial charge in [0.25, 0.3) is 0 Å². The normalized spacial score (nSPS) is 12.8. The van der Waals surface area contributed by atoms with E-state index in [-0.39, 0.29) is 5.38 Å². The zero-order chi connectivity index (χ0) is 11.7. The summed E-state index contributed by atoms with van der Waals surface area (Å²) in [6.45, 7) is 2.09. The summed E-state index contributed by atoms with van der Waals surface area (Å²) in [5.41, 5.74) is 1.14. The van der Waals surface area contributed by atoms with Gasteiger partial charge < -0.3 is 0 Å². The molecule has 0 saturated heterocycles. The Labute approximate surface area is 126 Å². The molecule has 1 aromatic heterocycles. The van der Waals surface area contributed by atoms with E-state index in [0.29, 0.717) is 0 Å². The molecule has 1 unspecified atom stereocenters. The van der Waals surface area contributed by atoms with E-state index in [1.807, 2.05) is 0 Å². The van der Waals surface area contributed by atoms with E-state index in [9.17, 15) is 0 Å². The first-order chi connectivity index (χ1) is 7.58. The number of aryl methyl sites for hydroxylation is 1. The van der Waals surface area contributed by atoms with Crippen molar-refractivity contribution >= 4 is 61.5 Å². The molecule has 0 saturated carbocycles. The molecule has 0 fully saturated rings. The van der Waals surface area contributed by atoms with Gasteiger partial charge in [0, 0.05) is 17.8 Å². The van der Waals surface area contributed by atoms with Crippen LogP contribution in [0.15, 0.2) is 34.8 Å². The summed E-state index contributed by atoms with van der Waals surface area (Å²) in [5.74, 6) is 0. The van der Waals surface area contributed by atoms with Crippen LogP contribution in [0.3, 0.4) is 0 Å². The first-order valence-electron chi connectivity index (χ1n) is 4.73. The molecular weight excluding hydrogens is 418 g/mol. The molecule has 4 heteroatoms. The van der Waals surface area contributed by atoms with E-state index >= 15 is 0 Å². The van der Waals surface area contributed by atoms with Gasteiger partial charge in [-0.15, -0.1) is 22.9 Å². The maximum atomic E-state index is 6.48. The Balaban J connectivity index is 2.35. The first-order valence-corrected chi connectivity index (χ1v) is 7.86. The van der Waals surface area contributed by atoms with E-state index < -0.39 is 0 Å². The fraction of sp³-hybridized carbons (Fsp3) is 0.167. The van der Waals surface area contributed by atoms with Crippen LogP contribution in [-0.2, 0) is 0 Å². The van der Waals surface area contributed by atoms with Gasteiger partial charge in [0.1, 0.15) is 0 Å². The Hall–Kier alpha value is 0.420. The molecule has 0 radical (unpaired) electrons. The van der Waals surface area contributed by atoms with Crippen LogP contribution in [0.25, 0.3) is 0 Å². The fourth-order valence-electron chi connectivity index (χ4n) is 1.46. The number of benzene rings is 1. The van der Waals surface area contributed by atoms with Crippen LogP contribution in [0.5, 0.6) is 0 Å². The number of hydrogen-bond donors (Lipinski definition) is 0. The largest absolute Gasteiger partial charge is 0.143 e. The molecule has 1 aromatic carbocycles. The van der Waals surface area contributed by atoms with Crippen molar-refractivity contribution in [1.29, 1.82) is 0 Å². The van der Waals surface area contributed by atoms with Gasteiger partial charge in [-0.05, 0) is 69.2 Å². The third-order valence-electron chi connectivity index (χ3n) is 2.23. The molecular formula is C12H9BrClIS. The molecule has 0 aliphatic heterocycles. The smallest absolute Gasteiger partial charge is 0.0939 e. The second-order valence-electron chi connectivity index (χ2n) is 3.48. The highest BCUT2D eigenvalue weighted by atomic mass is 127. The van der Waals surface area contributed by atoms with Crippen LogP contribution >= 0.6 is 61.5 Å². The number of alkyl halides is 1. The number of halogens is 3. The molecule has 2 aromatic rings. The van der Waals surface area contributed by atoms with E-state index in [1.165, 1.54) is 13.3 Å². The average molecular weight is 428 g/mol. The van der Waals surface area contributed by atoms with Crippen LogP contribution in [0.1, 0.15) is 20.7 Å². The third-order valence-corrected chi connectivity index (χ3v) is 5.58. The van der Waals surface area contributed by atoms with Crippen molar-refractivity contribution in [3.8, 4) is 0 Å². The summed E-state index contributed by atoms with van der Waals surface area (Å²) in [4.78, 5) is 2.46. The highest BCUT2D eigenvalue weighted by molar-refractivity contribution is 14.1. The summed E-state index contributed by atoms with van der Waals surface area (Å²) in [6.07, 6.45) is 0. The quantitative estimate of drug-likeness (QED) is 0.423.